The summed E-state index contributed by atoms with van der Waals surface area (Å²) in [6.45, 7) is 3.86. The largest absolute Gasteiger partial charge is 0.368 e. The second kappa shape index (κ2) is 7.74. The van der Waals surface area contributed by atoms with E-state index in [0.717, 1.165) is 11.3 Å². The minimum absolute atomic E-state index is 0.282. The number of nitrogens with one attached hydrogen (secondary N) is 1. The third-order valence-corrected chi connectivity index (χ3v) is 4.64. The molecule has 1 saturated heterocycles. The number of carbonyl (C=O) groups is 2. The number of halogens is 2. The zero-order valence-corrected chi connectivity index (χ0v) is 15.1. The first-order valence-corrected chi connectivity index (χ1v) is 8.69. The summed E-state index contributed by atoms with van der Waals surface area (Å²) in [6.07, 6.45) is 0. The summed E-state index contributed by atoms with van der Waals surface area (Å²) in [7, 11) is 0. The SMILES string of the molecule is Cc1ccc(Cl)cc1NC(=O)C(=O)N1CCN(c2ccc(F)cc2)CC1. The van der Waals surface area contributed by atoms with Crippen LogP contribution in [-0.2, 0) is 9.59 Å². The van der Waals surface area contributed by atoms with Gasteiger partial charge in [-0.2, -0.15) is 0 Å². The molecule has 1 aliphatic heterocycles. The van der Waals surface area contributed by atoms with Gasteiger partial charge in [-0.25, -0.2) is 4.39 Å². The minimum atomic E-state index is -0.675. The van der Waals surface area contributed by atoms with Crippen molar-refractivity contribution in [3.63, 3.8) is 0 Å². The van der Waals surface area contributed by atoms with Crippen molar-refractivity contribution in [1.29, 1.82) is 0 Å². The Morgan fingerprint density at radius 1 is 1.04 bits per heavy atom. The maximum Gasteiger partial charge on any atom is 0.313 e. The van der Waals surface area contributed by atoms with Gasteiger partial charge in [0.25, 0.3) is 0 Å². The van der Waals surface area contributed by atoms with Crippen LogP contribution in [0.5, 0.6) is 0 Å². The molecule has 5 nitrogen and oxygen atoms in total. The predicted octanol–water partition coefficient (Wildman–Crippen LogP) is 3.07. The molecule has 3 rings (SSSR count). The van der Waals surface area contributed by atoms with Gasteiger partial charge in [0.2, 0.25) is 0 Å². The highest BCUT2D eigenvalue weighted by atomic mass is 35.5. The van der Waals surface area contributed by atoms with Gasteiger partial charge in [0, 0.05) is 42.6 Å². The van der Waals surface area contributed by atoms with Crippen LogP contribution in [0.2, 0.25) is 5.02 Å². The van der Waals surface area contributed by atoms with Crippen molar-refractivity contribution >= 4 is 34.8 Å². The van der Waals surface area contributed by atoms with E-state index in [4.69, 9.17) is 11.6 Å². The number of benzene rings is 2. The van der Waals surface area contributed by atoms with Crippen LogP contribution < -0.4 is 10.2 Å². The molecular weight excluding hydrogens is 357 g/mol. The number of anilines is 2. The van der Waals surface area contributed by atoms with Crippen LogP contribution in [0.15, 0.2) is 42.5 Å². The highest BCUT2D eigenvalue weighted by Crippen LogP contribution is 2.21. The highest BCUT2D eigenvalue weighted by Gasteiger charge is 2.26. The van der Waals surface area contributed by atoms with E-state index in [1.807, 2.05) is 6.92 Å². The lowest BCUT2D eigenvalue weighted by atomic mass is 10.2. The fraction of sp³-hybridized carbons (Fsp3) is 0.263. The summed E-state index contributed by atoms with van der Waals surface area (Å²) in [6, 6.07) is 11.4. The standard InChI is InChI=1S/C19H19ClFN3O2/c1-13-2-3-14(20)12-17(13)22-18(25)19(26)24-10-8-23(9-11-24)16-6-4-15(21)5-7-16/h2-7,12H,8-11H2,1H3,(H,22,25). The molecule has 26 heavy (non-hydrogen) atoms. The lowest BCUT2D eigenvalue weighted by Gasteiger charge is -2.35. The number of piperazine rings is 1. The number of carbonyl (C=O) groups excluding carboxylic acids is 2. The van der Waals surface area contributed by atoms with Gasteiger partial charge in [-0.15, -0.1) is 0 Å². The van der Waals surface area contributed by atoms with Gasteiger partial charge in [0.15, 0.2) is 0 Å². The first-order chi connectivity index (χ1) is 12.4. The molecule has 0 spiro atoms. The second-order valence-corrected chi connectivity index (χ2v) is 6.61. The van der Waals surface area contributed by atoms with Crippen LogP contribution in [0.3, 0.4) is 0 Å². The van der Waals surface area contributed by atoms with Crippen LogP contribution in [0, 0.1) is 12.7 Å². The smallest absolute Gasteiger partial charge is 0.313 e. The Morgan fingerprint density at radius 3 is 2.35 bits per heavy atom. The molecule has 1 fully saturated rings. The van der Waals surface area contributed by atoms with Gasteiger partial charge >= 0.3 is 11.8 Å². The van der Waals surface area contributed by atoms with Crippen molar-refractivity contribution < 1.29 is 14.0 Å². The van der Waals surface area contributed by atoms with Crippen molar-refractivity contribution in [2.75, 3.05) is 36.4 Å². The van der Waals surface area contributed by atoms with Gasteiger partial charge in [-0.1, -0.05) is 17.7 Å². The Hall–Kier alpha value is -2.60. The molecule has 0 aromatic heterocycles. The Morgan fingerprint density at radius 2 is 1.69 bits per heavy atom. The van der Waals surface area contributed by atoms with Crippen LogP contribution in [0.1, 0.15) is 5.56 Å². The van der Waals surface area contributed by atoms with Crippen LogP contribution in [0.4, 0.5) is 15.8 Å². The third-order valence-electron chi connectivity index (χ3n) is 4.40. The zero-order valence-electron chi connectivity index (χ0n) is 14.3. The van der Waals surface area contributed by atoms with Gasteiger partial charge in [0.05, 0.1) is 0 Å². The molecule has 1 N–H and O–H groups in total. The number of rotatable bonds is 2. The lowest BCUT2D eigenvalue weighted by Crippen LogP contribution is -2.51. The van der Waals surface area contributed by atoms with Gasteiger partial charge in [0.1, 0.15) is 5.82 Å². The molecule has 2 aromatic rings. The molecular formula is C19H19ClFN3O2. The van der Waals surface area contributed by atoms with E-state index < -0.39 is 11.8 Å². The van der Waals surface area contributed by atoms with Crippen LogP contribution >= 0.6 is 11.6 Å². The number of amides is 2. The molecule has 1 heterocycles. The van der Waals surface area contributed by atoms with E-state index in [0.29, 0.717) is 36.9 Å². The average molecular weight is 376 g/mol. The normalized spacial score (nSPS) is 14.3. The van der Waals surface area contributed by atoms with E-state index in [-0.39, 0.29) is 5.82 Å². The lowest BCUT2D eigenvalue weighted by molar-refractivity contribution is -0.143. The number of nitrogens with zero attached hydrogens (tertiary/aromatic N) is 2. The van der Waals surface area contributed by atoms with Gasteiger partial charge in [-0.05, 0) is 48.9 Å². The summed E-state index contributed by atoms with van der Waals surface area (Å²) in [5, 5.41) is 3.12. The second-order valence-electron chi connectivity index (χ2n) is 6.17. The summed E-state index contributed by atoms with van der Waals surface area (Å²) in [5.74, 6) is -1.52. The van der Waals surface area contributed by atoms with Crippen molar-refractivity contribution in [3.8, 4) is 0 Å². The molecule has 0 atom stereocenters. The first-order valence-electron chi connectivity index (χ1n) is 8.31. The molecule has 136 valence electrons. The van der Waals surface area contributed by atoms with E-state index in [2.05, 4.69) is 10.2 Å². The number of aryl methyl sites for hydroxylation is 1. The molecule has 0 saturated carbocycles. The van der Waals surface area contributed by atoms with E-state index in [1.165, 1.54) is 17.0 Å². The topological polar surface area (TPSA) is 52.7 Å². The Labute approximate surface area is 156 Å². The summed E-state index contributed by atoms with van der Waals surface area (Å²) < 4.78 is 13.0. The molecule has 7 heteroatoms. The van der Waals surface area contributed by atoms with E-state index in [1.54, 1.807) is 30.3 Å². The fourth-order valence-electron chi connectivity index (χ4n) is 2.87. The molecule has 1 aliphatic rings. The number of hydrogen-bond donors (Lipinski definition) is 1. The van der Waals surface area contributed by atoms with Crippen LogP contribution in [-0.4, -0.2) is 42.9 Å². The quantitative estimate of drug-likeness (QED) is 0.821. The monoisotopic (exact) mass is 375 g/mol. The van der Waals surface area contributed by atoms with Crippen LogP contribution in [0.25, 0.3) is 0 Å². The maximum atomic E-state index is 13.0. The van der Waals surface area contributed by atoms with Gasteiger partial charge < -0.3 is 15.1 Å². The summed E-state index contributed by atoms with van der Waals surface area (Å²) >= 11 is 5.94. The van der Waals surface area contributed by atoms with Crippen molar-refractivity contribution in [2.24, 2.45) is 0 Å². The van der Waals surface area contributed by atoms with Crippen molar-refractivity contribution in [1.82, 2.24) is 4.90 Å². The summed E-state index contributed by atoms with van der Waals surface area (Å²) in [4.78, 5) is 28.2. The highest BCUT2D eigenvalue weighted by molar-refractivity contribution is 6.40. The average Bonchev–Trinajstić information content (AvgIpc) is 2.65. The Balaban J connectivity index is 1.58. The maximum absolute atomic E-state index is 13.0. The molecule has 0 radical (unpaired) electrons. The van der Waals surface area contributed by atoms with E-state index in [9.17, 15) is 14.0 Å². The molecule has 2 aromatic carbocycles. The van der Waals surface area contributed by atoms with Crippen molar-refractivity contribution in [3.05, 3.63) is 58.9 Å². The zero-order chi connectivity index (χ0) is 18.7. The van der Waals surface area contributed by atoms with E-state index >= 15 is 0 Å². The minimum Gasteiger partial charge on any atom is -0.368 e. The fourth-order valence-corrected chi connectivity index (χ4v) is 3.04. The third kappa shape index (κ3) is 4.14. The predicted molar refractivity (Wildman–Crippen MR) is 100 cm³/mol. The molecule has 0 unspecified atom stereocenters. The molecule has 2 amide bonds. The Bertz CT molecular complexity index is 818. The first kappa shape index (κ1) is 18.2. The molecule has 0 bridgehead atoms. The summed E-state index contributed by atoms with van der Waals surface area (Å²) in [5.41, 5.74) is 2.26. The molecule has 0 aliphatic carbocycles. The van der Waals surface area contributed by atoms with Gasteiger partial charge in [-0.3, -0.25) is 9.59 Å². The number of hydrogen-bond acceptors (Lipinski definition) is 3. The van der Waals surface area contributed by atoms with Crippen molar-refractivity contribution in [2.45, 2.75) is 6.92 Å². The Kier molecular flexibility index (Phi) is 5.42.